The smallest absolute Gasteiger partial charge is 0.417 e. The van der Waals surface area contributed by atoms with E-state index in [1.807, 2.05) is 0 Å². The zero-order valence-corrected chi connectivity index (χ0v) is 15.8. The van der Waals surface area contributed by atoms with Crippen LogP contribution in [0.5, 0.6) is 5.75 Å². The van der Waals surface area contributed by atoms with Crippen molar-refractivity contribution in [2.75, 3.05) is 0 Å². The highest BCUT2D eigenvalue weighted by Crippen LogP contribution is 2.40. The first kappa shape index (κ1) is 20.6. The standard InChI is InChI=1S/C23H18F4O2/c1-14-3-9-20(22(24)11-14)19-10-8-18(12-21(19)23(25,26)27)29-13-16-4-6-17(7-5-16)15(2)28/h3-12H,13H2,1-2H3. The van der Waals surface area contributed by atoms with Crippen LogP contribution in [0.25, 0.3) is 11.1 Å². The van der Waals surface area contributed by atoms with Gasteiger partial charge in [0.15, 0.2) is 5.78 Å². The fourth-order valence-electron chi connectivity index (χ4n) is 2.92. The quantitative estimate of drug-likeness (QED) is 0.355. The third-order valence-corrected chi connectivity index (χ3v) is 4.48. The molecular formula is C23H18F4O2. The van der Waals surface area contributed by atoms with E-state index in [2.05, 4.69) is 0 Å². The van der Waals surface area contributed by atoms with E-state index < -0.39 is 17.6 Å². The average Bonchev–Trinajstić information content (AvgIpc) is 2.66. The molecule has 150 valence electrons. The first-order valence-corrected chi connectivity index (χ1v) is 8.85. The number of aryl methyl sites for hydroxylation is 1. The lowest BCUT2D eigenvalue weighted by Gasteiger charge is -2.16. The second-order valence-electron chi connectivity index (χ2n) is 6.73. The van der Waals surface area contributed by atoms with Crippen LogP contribution in [-0.2, 0) is 12.8 Å². The van der Waals surface area contributed by atoms with Crippen molar-refractivity contribution in [2.24, 2.45) is 0 Å². The maximum Gasteiger partial charge on any atom is 0.417 e. The molecule has 0 N–H and O–H groups in total. The molecule has 3 aromatic carbocycles. The molecule has 0 aliphatic carbocycles. The van der Waals surface area contributed by atoms with E-state index in [9.17, 15) is 22.4 Å². The lowest BCUT2D eigenvalue weighted by molar-refractivity contribution is -0.137. The minimum atomic E-state index is -4.67. The molecule has 0 fully saturated rings. The molecule has 6 heteroatoms. The van der Waals surface area contributed by atoms with E-state index in [0.717, 1.165) is 6.07 Å². The summed E-state index contributed by atoms with van der Waals surface area (Å²) in [5, 5.41) is 0. The predicted molar refractivity (Wildman–Crippen MR) is 102 cm³/mol. The van der Waals surface area contributed by atoms with E-state index in [-0.39, 0.29) is 29.3 Å². The van der Waals surface area contributed by atoms with Crippen molar-refractivity contribution in [3.05, 3.63) is 88.7 Å². The summed E-state index contributed by atoms with van der Waals surface area (Å²) in [6.45, 7) is 3.15. The van der Waals surface area contributed by atoms with Crippen molar-refractivity contribution in [1.29, 1.82) is 0 Å². The van der Waals surface area contributed by atoms with Crippen molar-refractivity contribution >= 4 is 5.78 Å². The number of alkyl halides is 3. The highest BCUT2D eigenvalue weighted by Gasteiger charge is 2.34. The molecule has 0 unspecified atom stereocenters. The van der Waals surface area contributed by atoms with Gasteiger partial charge in [0.2, 0.25) is 0 Å². The summed E-state index contributed by atoms with van der Waals surface area (Å²) < 4.78 is 60.5. The number of hydrogen-bond acceptors (Lipinski definition) is 2. The molecule has 3 aromatic rings. The minimum Gasteiger partial charge on any atom is -0.489 e. The van der Waals surface area contributed by atoms with Crippen LogP contribution in [0.4, 0.5) is 17.6 Å². The third kappa shape index (κ3) is 4.83. The SMILES string of the molecule is CC(=O)c1ccc(COc2ccc(-c3ccc(C)cc3F)c(C(F)(F)F)c2)cc1. The molecule has 0 bridgehead atoms. The van der Waals surface area contributed by atoms with Gasteiger partial charge in [0.25, 0.3) is 0 Å². The zero-order chi connectivity index (χ0) is 21.2. The highest BCUT2D eigenvalue weighted by atomic mass is 19.4. The van der Waals surface area contributed by atoms with Gasteiger partial charge in [-0.2, -0.15) is 13.2 Å². The number of hydrogen-bond donors (Lipinski definition) is 0. The first-order chi connectivity index (χ1) is 13.6. The molecule has 0 aliphatic rings. The molecule has 0 saturated heterocycles. The normalized spacial score (nSPS) is 11.4. The summed E-state index contributed by atoms with van der Waals surface area (Å²) in [6.07, 6.45) is -4.67. The number of ketones is 1. The minimum absolute atomic E-state index is 0.0178. The zero-order valence-electron chi connectivity index (χ0n) is 15.8. The van der Waals surface area contributed by atoms with Gasteiger partial charge in [0, 0.05) is 11.1 Å². The monoisotopic (exact) mass is 402 g/mol. The van der Waals surface area contributed by atoms with E-state index >= 15 is 0 Å². The Kier molecular flexibility index (Phi) is 5.73. The summed E-state index contributed by atoms with van der Waals surface area (Å²) in [6, 6.07) is 14.2. The molecule has 0 heterocycles. The fraction of sp³-hybridized carbons (Fsp3) is 0.174. The summed E-state index contributed by atoms with van der Waals surface area (Å²) >= 11 is 0. The summed E-state index contributed by atoms with van der Waals surface area (Å²) in [5.74, 6) is -0.773. The first-order valence-electron chi connectivity index (χ1n) is 8.85. The maximum absolute atomic E-state index is 14.2. The fourth-order valence-corrected chi connectivity index (χ4v) is 2.92. The Bertz CT molecular complexity index is 1040. The lowest BCUT2D eigenvalue weighted by Crippen LogP contribution is -2.08. The number of benzene rings is 3. The molecule has 0 aromatic heterocycles. The summed E-state index contributed by atoms with van der Waals surface area (Å²) in [4.78, 5) is 11.3. The van der Waals surface area contributed by atoms with Crippen LogP contribution in [-0.4, -0.2) is 5.78 Å². The molecule has 0 saturated carbocycles. The summed E-state index contributed by atoms with van der Waals surface area (Å²) in [5.41, 5.74) is 0.539. The van der Waals surface area contributed by atoms with Gasteiger partial charge in [-0.3, -0.25) is 4.79 Å². The Hall–Kier alpha value is -3.15. The maximum atomic E-state index is 14.2. The predicted octanol–water partition coefficient (Wildman–Crippen LogP) is 6.60. The van der Waals surface area contributed by atoms with Crippen molar-refractivity contribution < 1.29 is 27.1 Å². The van der Waals surface area contributed by atoms with Gasteiger partial charge in [0.05, 0.1) is 5.56 Å². The number of carbonyl (C=O) groups excluding carboxylic acids is 1. The molecule has 0 amide bonds. The van der Waals surface area contributed by atoms with Crippen molar-refractivity contribution in [2.45, 2.75) is 26.6 Å². The van der Waals surface area contributed by atoms with Crippen molar-refractivity contribution in [1.82, 2.24) is 0 Å². The molecule has 2 nitrogen and oxygen atoms in total. The van der Waals surface area contributed by atoms with Gasteiger partial charge in [-0.25, -0.2) is 4.39 Å². The van der Waals surface area contributed by atoms with Crippen LogP contribution in [0, 0.1) is 12.7 Å². The van der Waals surface area contributed by atoms with E-state index in [1.165, 1.54) is 31.2 Å². The number of Topliss-reactive ketones (excluding diaryl/α,β-unsaturated/α-hetero) is 1. The molecule has 3 rings (SSSR count). The Labute approximate surface area is 165 Å². The van der Waals surface area contributed by atoms with Gasteiger partial charge in [-0.1, -0.05) is 36.4 Å². The molecule has 0 spiro atoms. The Morgan fingerprint density at radius 2 is 1.59 bits per heavy atom. The second-order valence-corrected chi connectivity index (χ2v) is 6.73. The number of halogens is 4. The van der Waals surface area contributed by atoms with Crippen LogP contribution in [0.3, 0.4) is 0 Å². The van der Waals surface area contributed by atoms with Gasteiger partial charge in [0.1, 0.15) is 18.2 Å². The van der Waals surface area contributed by atoms with E-state index in [1.54, 1.807) is 37.3 Å². The number of carbonyl (C=O) groups is 1. The van der Waals surface area contributed by atoms with Gasteiger partial charge in [-0.15, -0.1) is 0 Å². The number of rotatable bonds is 5. The van der Waals surface area contributed by atoms with Gasteiger partial charge < -0.3 is 4.74 Å². The molecule has 29 heavy (non-hydrogen) atoms. The van der Waals surface area contributed by atoms with Crippen LogP contribution < -0.4 is 4.74 Å². The average molecular weight is 402 g/mol. The van der Waals surface area contributed by atoms with Crippen molar-refractivity contribution in [3.63, 3.8) is 0 Å². The molecule has 0 atom stereocenters. The van der Waals surface area contributed by atoms with Crippen LogP contribution in [0.15, 0.2) is 60.7 Å². The number of ether oxygens (including phenoxy) is 1. The second kappa shape index (κ2) is 8.07. The molecule has 0 aliphatic heterocycles. The largest absolute Gasteiger partial charge is 0.489 e. The van der Waals surface area contributed by atoms with Gasteiger partial charge >= 0.3 is 6.18 Å². The molecule has 0 radical (unpaired) electrons. The highest BCUT2D eigenvalue weighted by molar-refractivity contribution is 5.94. The third-order valence-electron chi connectivity index (χ3n) is 4.48. The topological polar surface area (TPSA) is 26.3 Å². The van der Waals surface area contributed by atoms with Crippen molar-refractivity contribution in [3.8, 4) is 16.9 Å². The Balaban J connectivity index is 1.88. The summed E-state index contributed by atoms with van der Waals surface area (Å²) in [7, 11) is 0. The van der Waals surface area contributed by atoms with E-state index in [0.29, 0.717) is 16.7 Å². The Morgan fingerprint density at radius 3 is 2.17 bits per heavy atom. The van der Waals surface area contributed by atoms with Crippen LogP contribution >= 0.6 is 0 Å². The van der Waals surface area contributed by atoms with Crippen LogP contribution in [0.1, 0.15) is 34.0 Å². The Morgan fingerprint density at radius 1 is 0.931 bits per heavy atom. The molecular weight excluding hydrogens is 384 g/mol. The van der Waals surface area contributed by atoms with Crippen LogP contribution in [0.2, 0.25) is 0 Å². The van der Waals surface area contributed by atoms with E-state index in [4.69, 9.17) is 4.74 Å². The van der Waals surface area contributed by atoms with Gasteiger partial charge in [-0.05, 0) is 54.8 Å². The lowest BCUT2D eigenvalue weighted by atomic mass is 9.97.